The van der Waals surface area contributed by atoms with Gasteiger partial charge in [0.25, 0.3) is 0 Å². The van der Waals surface area contributed by atoms with Crippen LogP contribution < -0.4 is 0 Å². The zero-order valence-corrected chi connectivity index (χ0v) is 12.8. The number of rotatable bonds is 7. The second-order valence-corrected chi connectivity index (χ2v) is 6.40. The van der Waals surface area contributed by atoms with Crippen LogP contribution in [0.3, 0.4) is 0 Å². The van der Waals surface area contributed by atoms with E-state index in [1.54, 1.807) is 19.9 Å². The van der Waals surface area contributed by atoms with E-state index in [9.17, 15) is 14.2 Å². The van der Waals surface area contributed by atoms with Gasteiger partial charge in [0.2, 0.25) is 0 Å². The van der Waals surface area contributed by atoms with Gasteiger partial charge in [-0.05, 0) is 38.8 Å². The molecule has 0 bridgehead atoms. The van der Waals surface area contributed by atoms with Gasteiger partial charge in [0.15, 0.2) is 5.78 Å². The third kappa shape index (κ3) is 5.99. The molecular formula is C13H21O6P. The van der Waals surface area contributed by atoms with Crippen LogP contribution in [-0.4, -0.2) is 37.2 Å². The molecule has 0 fully saturated rings. The van der Waals surface area contributed by atoms with Crippen LogP contribution in [0.1, 0.15) is 33.1 Å². The van der Waals surface area contributed by atoms with E-state index in [4.69, 9.17) is 13.8 Å². The molecule has 0 aliphatic heterocycles. The average Bonchev–Trinajstić information content (AvgIpc) is 2.54. The predicted octanol–water partition coefficient (Wildman–Crippen LogP) is 2.47. The van der Waals surface area contributed by atoms with E-state index in [-0.39, 0.29) is 19.0 Å². The van der Waals surface area contributed by atoms with Crippen LogP contribution in [0.25, 0.3) is 0 Å². The van der Waals surface area contributed by atoms with Gasteiger partial charge in [-0.25, -0.2) is 0 Å². The molecule has 0 saturated carbocycles. The molecule has 0 aromatic carbocycles. The number of esters is 1. The smallest absolute Gasteiger partial charge is 0.341 e. The van der Waals surface area contributed by atoms with Crippen molar-refractivity contribution in [3.8, 4) is 0 Å². The third-order valence-corrected chi connectivity index (χ3v) is 4.61. The standard InChI is InChI=1S/C13H21O6P/c1-3-17-20(16,18-4-2)10-13(15)19-12-7-5-6-11(14)8-9-12/h8-9,12H,3-7,10H2,1-2H3. The number of carbonyl (C=O) groups excluding carboxylic acids is 2. The molecule has 0 N–H and O–H groups in total. The SMILES string of the molecule is CCOP(=O)(CC(=O)OC1C=CC(=O)CCC1)OCC. The minimum atomic E-state index is -3.43. The number of carbonyl (C=O) groups is 2. The Labute approximate surface area is 119 Å². The Morgan fingerprint density at radius 2 is 2.00 bits per heavy atom. The molecule has 114 valence electrons. The normalized spacial score (nSPS) is 19.7. The summed E-state index contributed by atoms with van der Waals surface area (Å²) in [5.41, 5.74) is 0. The van der Waals surface area contributed by atoms with E-state index in [1.165, 1.54) is 6.08 Å². The van der Waals surface area contributed by atoms with Gasteiger partial charge >= 0.3 is 13.6 Å². The Morgan fingerprint density at radius 1 is 1.35 bits per heavy atom. The first-order valence-electron chi connectivity index (χ1n) is 6.77. The molecule has 6 nitrogen and oxygen atoms in total. The summed E-state index contributed by atoms with van der Waals surface area (Å²) in [5.74, 6) is -0.614. The van der Waals surface area contributed by atoms with Crippen molar-refractivity contribution in [1.82, 2.24) is 0 Å². The molecule has 0 amide bonds. The highest BCUT2D eigenvalue weighted by Gasteiger charge is 2.29. The van der Waals surface area contributed by atoms with Crippen molar-refractivity contribution >= 4 is 19.3 Å². The first-order chi connectivity index (χ1) is 9.49. The van der Waals surface area contributed by atoms with Gasteiger partial charge in [0.05, 0.1) is 13.2 Å². The molecule has 0 spiro atoms. The van der Waals surface area contributed by atoms with Crippen molar-refractivity contribution in [3.05, 3.63) is 12.2 Å². The fourth-order valence-corrected chi connectivity index (χ4v) is 3.29. The Bertz CT molecular complexity index is 407. The van der Waals surface area contributed by atoms with Gasteiger partial charge in [-0.3, -0.25) is 14.2 Å². The van der Waals surface area contributed by atoms with Gasteiger partial charge in [0.1, 0.15) is 12.3 Å². The van der Waals surface area contributed by atoms with E-state index in [1.807, 2.05) is 0 Å². The second kappa shape index (κ2) is 8.35. The molecule has 0 heterocycles. The summed E-state index contributed by atoms with van der Waals surface area (Å²) in [5, 5.41) is 0. The Hall–Kier alpha value is -0.970. The van der Waals surface area contributed by atoms with Crippen molar-refractivity contribution < 1.29 is 27.9 Å². The topological polar surface area (TPSA) is 78.9 Å². The lowest BCUT2D eigenvalue weighted by molar-refractivity contribution is -0.144. The maximum atomic E-state index is 12.2. The zero-order chi connectivity index (χ0) is 15.0. The van der Waals surface area contributed by atoms with Crippen molar-refractivity contribution in [2.75, 3.05) is 19.4 Å². The van der Waals surface area contributed by atoms with Crippen LogP contribution in [0.2, 0.25) is 0 Å². The summed E-state index contributed by atoms with van der Waals surface area (Å²) in [6, 6.07) is 0. The second-order valence-electron chi connectivity index (χ2n) is 4.35. The van der Waals surface area contributed by atoms with Gasteiger partial charge in [-0.1, -0.05) is 0 Å². The monoisotopic (exact) mass is 304 g/mol. The van der Waals surface area contributed by atoms with Crippen LogP contribution in [0.4, 0.5) is 0 Å². The minimum Gasteiger partial charge on any atom is -0.458 e. The van der Waals surface area contributed by atoms with Gasteiger partial charge in [0, 0.05) is 6.42 Å². The number of ketones is 1. The zero-order valence-electron chi connectivity index (χ0n) is 11.9. The molecule has 1 rings (SSSR count). The van der Waals surface area contributed by atoms with Crippen LogP contribution in [0, 0.1) is 0 Å². The lowest BCUT2D eigenvalue weighted by Crippen LogP contribution is -2.19. The molecule has 1 aliphatic carbocycles. The van der Waals surface area contributed by atoms with E-state index in [2.05, 4.69) is 0 Å². The van der Waals surface area contributed by atoms with Crippen LogP contribution in [0.5, 0.6) is 0 Å². The van der Waals surface area contributed by atoms with Gasteiger partial charge < -0.3 is 13.8 Å². The Kier molecular flexibility index (Phi) is 7.13. The van der Waals surface area contributed by atoms with E-state index >= 15 is 0 Å². The first-order valence-corrected chi connectivity index (χ1v) is 8.50. The summed E-state index contributed by atoms with van der Waals surface area (Å²) < 4.78 is 27.4. The lowest BCUT2D eigenvalue weighted by atomic mass is 10.2. The van der Waals surface area contributed by atoms with Crippen LogP contribution in [0.15, 0.2) is 12.2 Å². The van der Waals surface area contributed by atoms with Crippen LogP contribution in [-0.2, 0) is 27.9 Å². The molecular weight excluding hydrogens is 283 g/mol. The Balaban J connectivity index is 2.55. The molecule has 1 atom stereocenters. The van der Waals surface area contributed by atoms with E-state index in [0.717, 1.165) is 0 Å². The number of hydrogen-bond acceptors (Lipinski definition) is 6. The van der Waals surface area contributed by atoms with Crippen molar-refractivity contribution in [2.24, 2.45) is 0 Å². The fourth-order valence-electron chi connectivity index (χ4n) is 1.86. The third-order valence-electron chi connectivity index (χ3n) is 2.67. The molecule has 1 unspecified atom stereocenters. The molecule has 7 heteroatoms. The van der Waals surface area contributed by atoms with E-state index < -0.39 is 25.8 Å². The van der Waals surface area contributed by atoms with Gasteiger partial charge in [-0.15, -0.1) is 0 Å². The first kappa shape index (κ1) is 17.1. The maximum absolute atomic E-state index is 12.2. The highest BCUT2D eigenvalue weighted by Crippen LogP contribution is 2.47. The largest absolute Gasteiger partial charge is 0.458 e. The molecule has 1 aliphatic rings. The fraction of sp³-hybridized carbons (Fsp3) is 0.692. The quantitative estimate of drug-likeness (QED) is 0.531. The number of ether oxygens (including phenoxy) is 1. The summed E-state index contributed by atoms with van der Waals surface area (Å²) in [4.78, 5) is 23.0. The number of allylic oxidation sites excluding steroid dienone is 1. The summed E-state index contributed by atoms with van der Waals surface area (Å²) in [6.45, 7) is 3.75. The molecule has 20 heavy (non-hydrogen) atoms. The van der Waals surface area contributed by atoms with Crippen molar-refractivity contribution in [1.29, 1.82) is 0 Å². The van der Waals surface area contributed by atoms with E-state index in [0.29, 0.717) is 19.3 Å². The molecule has 0 aromatic rings. The molecule has 0 radical (unpaired) electrons. The van der Waals surface area contributed by atoms with Crippen molar-refractivity contribution in [2.45, 2.75) is 39.2 Å². The summed E-state index contributed by atoms with van der Waals surface area (Å²) in [6.07, 6.45) is 3.84. The summed E-state index contributed by atoms with van der Waals surface area (Å²) in [7, 11) is -3.43. The minimum absolute atomic E-state index is 0.0258. The maximum Gasteiger partial charge on any atom is 0.341 e. The van der Waals surface area contributed by atoms with Gasteiger partial charge in [-0.2, -0.15) is 0 Å². The average molecular weight is 304 g/mol. The highest BCUT2D eigenvalue weighted by molar-refractivity contribution is 7.54. The molecule has 0 saturated heterocycles. The lowest BCUT2D eigenvalue weighted by Gasteiger charge is -2.18. The highest BCUT2D eigenvalue weighted by atomic mass is 31.2. The van der Waals surface area contributed by atoms with Crippen LogP contribution >= 0.6 is 7.60 Å². The molecule has 0 aromatic heterocycles. The number of hydrogen-bond donors (Lipinski definition) is 0. The summed E-state index contributed by atoms with van der Waals surface area (Å²) >= 11 is 0. The van der Waals surface area contributed by atoms with Crippen molar-refractivity contribution in [3.63, 3.8) is 0 Å². The Morgan fingerprint density at radius 3 is 2.60 bits per heavy atom. The predicted molar refractivity (Wildman–Crippen MR) is 73.6 cm³/mol.